The van der Waals surface area contributed by atoms with E-state index < -0.39 is 0 Å². The number of hydrogen-bond acceptors (Lipinski definition) is 4. The first-order valence-electron chi connectivity index (χ1n) is 12.4. The first kappa shape index (κ1) is 28.8. The van der Waals surface area contributed by atoms with Crippen LogP contribution in [0.15, 0.2) is 0 Å². The fourth-order valence-corrected chi connectivity index (χ4v) is 3.51. The van der Waals surface area contributed by atoms with Crippen molar-refractivity contribution in [2.24, 2.45) is 17.8 Å². The summed E-state index contributed by atoms with van der Waals surface area (Å²) in [5.74, 6) is 1.80. The molecule has 0 bridgehead atoms. The zero-order valence-corrected chi connectivity index (χ0v) is 20.9. The maximum absolute atomic E-state index is 6.21. The highest BCUT2D eigenvalue weighted by Crippen LogP contribution is 2.15. The number of nitrogens with zero attached hydrogens (tertiary/aromatic N) is 1. The molecule has 0 aromatic heterocycles. The van der Waals surface area contributed by atoms with Crippen LogP contribution in [0.5, 0.6) is 0 Å². The van der Waals surface area contributed by atoms with Gasteiger partial charge in [0, 0.05) is 25.7 Å². The first-order chi connectivity index (χ1) is 14.0. The van der Waals surface area contributed by atoms with Crippen LogP contribution in [-0.2, 0) is 14.2 Å². The van der Waals surface area contributed by atoms with Crippen LogP contribution in [0.3, 0.4) is 0 Å². The molecule has 0 saturated heterocycles. The third kappa shape index (κ3) is 17.2. The van der Waals surface area contributed by atoms with E-state index in [0.717, 1.165) is 33.0 Å². The van der Waals surface area contributed by atoms with Crippen molar-refractivity contribution in [2.75, 3.05) is 53.7 Å². The van der Waals surface area contributed by atoms with Gasteiger partial charge in [-0.15, -0.1) is 0 Å². The van der Waals surface area contributed by atoms with Gasteiger partial charge < -0.3 is 19.1 Å². The Balaban J connectivity index is 4.16. The summed E-state index contributed by atoms with van der Waals surface area (Å²) in [6, 6.07) is 0. The van der Waals surface area contributed by atoms with Crippen molar-refractivity contribution in [2.45, 2.75) is 92.1 Å². The van der Waals surface area contributed by atoms with Crippen LogP contribution in [0.2, 0.25) is 0 Å². The highest BCUT2D eigenvalue weighted by Gasteiger charge is 2.15. The lowest BCUT2D eigenvalue weighted by Crippen LogP contribution is -2.34. The Labute approximate surface area is 183 Å². The van der Waals surface area contributed by atoms with E-state index in [2.05, 4.69) is 53.6 Å². The van der Waals surface area contributed by atoms with Crippen LogP contribution in [0, 0.1) is 17.8 Å². The van der Waals surface area contributed by atoms with Crippen molar-refractivity contribution in [3.8, 4) is 0 Å². The molecule has 4 atom stereocenters. The van der Waals surface area contributed by atoms with Crippen molar-refractivity contribution in [1.82, 2.24) is 4.90 Å². The maximum atomic E-state index is 6.21. The van der Waals surface area contributed by atoms with Gasteiger partial charge in [0.05, 0.1) is 25.9 Å². The lowest BCUT2D eigenvalue weighted by atomic mass is 10.0. The smallest absolute Gasteiger partial charge is 0.0934 e. The van der Waals surface area contributed by atoms with Crippen molar-refractivity contribution >= 4 is 0 Å². The molecular formula is C25H53NO3. The monoisotopic (exact) mass is 415 g/mol. The molecular weight excluding hydrogens is 362 g/mol. The molecule has 0 rings (SSSR count). The molecule has 0 unspecified atom stereocenters. The Morgan fingerprint density at radius 3 is 1.66 bits per heavy atom. The highest BCUT2D eigenvalue weighted by atomic mass is 16.5. The summed E-state index contributed by atoms with van der Waals surface area (Å²) < 4.78 is 18.3. The number of ether oxygens (including phenoxy) is 3. The summed E-state index contributed by atoms with van der Waals surface area (Å²) in [6.45, 7) is 16.1. The summed E-state index contributed by atoms with van der Waals surface area (Å²) in [7, 11) is 4.19. The lowest BCUT2D eigenvalue weighted by Gasteiger charge is -2.25. The van der Waals surface area contributed by atoms with Gasteiger partial charge in [-0.1, -0.05) is 73.1 Å². The van der Waals surface area contributed by atoms with Gasteiger partial charge in [-0.25, -0.2) is 0 Å². The molecule has 176 valence electrons. The van der Waals surface area contributed by atoms with Gasteiger partial charge >= 0.3 is 0 Å². The first-order valence-corrected chi connectivity index (χ1v) is 12.4. The predicted octanol–water partition coefficient (Wildman–Crippen LogP) is 6.04. The quantitative estimate of drug-likeness (QED) is 0.229. The molecule has 0 saturated carbocycles. The molecule has 0 spiro atoms. The van der Waals surface area contributed by atoms with E-state index in [9.17, 15) is 0 Å². The average molecular weight is 416 g/mol. The summed E-state index contributed by atoms with van der Waals surface area (Å²) in [5.41, 5.74) is 0. The maximum Gasteiger partial charge on any atom is 0.0934 e. The number of unbranched alkanes of at least 4 members (excludes halogenated alkanes) is 2. The molecule has 0 heterocycles. The van der Waals surface area contributed by atoms with Crippen LogP contribution in [-0.4, -0.2) is 64.7 Å². The molecule has 0 radical (unpaired) electrons. The second-order valence-electron chi connectivity index (χ2n) is 9.23. The minimum absolute atomic E-state index is 0.129. The molecule has 0 aromatic carbocycles. The number of hydrogen-bond donors (Lipinski definition) is 0. The molecule has 0 N–H and O–H groups in total. The van der Waals surface area contributed by atoms with Crippen molar-refractivity contribution in [3.63, 3.8) is 0 Å². The van der Waals surface area contributed by atoms with Crippen LogP contribution in [0.4, 0.5) is 0 Å². The SMILES string of the molecule is CCCC[C@@H](CC)COC[C@@H](C)CO[C@H](COC[C@@H](CC)CCCC)CN(C)C. The van der Waals surface area contributed by atoms with Crippen LogP contribution in [0.1, 0.15) is 86.0 Å². The van der Waals surface area contributed by atoms with Gasteiger partial charge in [0.2, 0.25) is 0 Å². The minimum Gasteiger partial charge on any atom is -0.381 e. The van der Waals surface area contributed by atoms with Crippen molar-refractivity contribution < 1.29 is 14.2 Å². The Hall–Kier alpha value is -0.160. The van der Waals surface area contributed by atoms with Crippen LogP contribution < -0.4 is 0 Å². The van der Waals surface area contributed by atoms with E-state index in [0.29, 0.717) is 24.4 Å². The standard InChI is InChI=1S/C25H53NO3/c1-8-12-14-23(10-3)19-27-17-22(5)18-29-25(16-26(6)7)21-28-20-24(11-4)15-13-9-2/h22-25H,8-21H2,1-7H3/t22-,23-,24+,25+/m1/s1. The van der Waals surface area contributed by atoms with E-state index in [1.54, 1.807) is 0 Å². The number of likely N-dealkylation sites (N-methyl/N-ethyl adjacent to an activating group) is 1. The molecule has 0 aliphatic heterocycles. The molecule has 0 amide bonds. The molecule has 0 aliphatic rings. The molecule has 29 heavy (non-hydrogen) atoms. The summed E-state index contributed by atoms with van der Waals surface area (Å²) in [4.78, 5) is 2.18. The van der Waals surface area contributed by atoms with Gasteiger partial charge in [0.15, 0.2) is 0 Å². The van der Waals surface area contributed by atoms with Gasteiger partial charge in [-0.05, 0) is 38.8 Å². The van der Waals surface area contributed by atoms with Crippen molar-refractivity contribution in [1.29, 1.82) is 0 Å². The van der Waals surface area contributed by atoms with E-state index in [1.807, 2.05) is 0 Å². The van der Waals surface area contributed by atoms with E-state index >= 15 is 0 Å². The predicted molar refractivity (Wildman–Crippen MR) is 126 cm³/mol. The Kier molecular flexibility index (Phi) is 19.7. The van der Waals surface area contributed by atoms with Gasteiger partial charge in [0.25, 0.3) is 0 Å². The van der Waals surface area contributed by atoms with Gasteiger partial charge in [-0.3, -0.25) is 0 Å². The van der Waals surface area contributed by atoms with Crippen LogP contribution in [0.25, 0.3) is 0 Å². The summed E-state index contributed by atoms with van der Waals surface area (Å²) >= 11 is 0. The van der Waals surface area contributed by atoms with E-state index in [4.69, 9.17) is 14.2 Å². The topological polar surface area (TPSA) is 30.9 Å². The van der Waals surface area contributed by atoms with E-state index in [-0.39, 0.29) is 6.10 Å². The summed E-state index contributed by atoms with van der Waals surface area (Å²) in [5, 5.41) is 0. The molecule has 4 heteroatoms. The zero-order chi connectivity index (χ0) is 21.9. The summed E-state index contributed by atoms with van der Waals surface area (Å²) in [6.07, 6.45) is 10.2. The highest BCUT2D eigenvalue weighted by molar-refractivity contribution is 4.64. The van der Waals surface area contributed by atoms with E-state index in [1.165, 1.54) is 51.4 Å². The Morgan fingerprint density at radius 2 is 1.21 bits per heavy atom. The fourth-order valence-electron chi connectivity index (χ4n) is 3.51. The third-order valence-electron chi connectivity index (χ3n) is 5.69. The molecule has 0 aliphatic carbocycles. The zero-order valence-electron chi connectivity index (χ0n) is 20.9. The fraction of sp³-hybridized carbons (Fsp3) is 1.00. The number of rotatable bonds is 21. The second kappa shape index (κ2) is 19.8. The Bertz CT molecular complexity index is 338. The average Bonchev–Trinajstić information content (AvgIpc) is 2.70. The van der Waals surface area contributed by atoms with Crippen LogP contribution >= 0.6 is 0 Å². The van der Waals surface area contributed by atoms with Gasteiger partial charge in [-0.2, -0.15) is 0 Å². The normalized spacial score (nSPS) is 16.1. The largest absolute Gasteiger partial charge is 0.381 e. The third-order valence-corrected chi connectivity index (χ3v) is 5.69. The Morgan fingerprint density at radius 1 is 0.690 bits per heavy atom. The molecule has 0 fully saturated rings. The van der Waals surface area contributed by atoms with Gasteiger partial charge in [0.1, 0.15) is 0 Å². The molecule has 4 nitrogen and oxygen atoms in total. The van der Waals surface area contributed by atoms with Crippen molar-refractivity contribution in [3.05, 3.63) is 0 Å². The lowest BCUT2D eigenvalue weighted by molar-refractivity contribution is -0.0540. The minimum atomic E-state index is 0.129. The molecule has 0 aromatic rings. The second-order valence-corrected chi connectivity index (χ2v) is 9.23.